The number of hydrogen-bond donors (Lipinski definition) is 1. The van der Waals surface area contributed by atoms with Crippen LogP contribution in [0.25, 0.3) is 21.9 Å². The maximum absolute atomic E-state index is 5.80. The van der Waals surface area contributed by atoms with E-state index in [-0.39, 0.29) is 0 Å². The molecule has 1 aromatic carbocycles. The summed E-state index contributed by atoms with van der Waals surface area (Å²) in [6.45, 7) is 4.66. The summed E-state index contributed by atoms with van der Waals surface area (Å²) >= 11 is 3.66. The number of ether oxygens (including phenoxy) is 1. The molecule has 0 bridgehead atoms. The molecule has 0 radical (unpaired) electrons. The number of nitrogens with zero attached hydrogens (tertiary/aromatic N) is 3. The van der Waals surface area contributed by atoms with Crippen LogP contribution in [0.2, 0.25) is 0 Å². The van der Waals surface area contributed by atoms with Crippen LogP contribution in [-0.2, 0) is 19.3 Å². The minimum Gasteiger partial charge on any atom is -0.477 e. The number of H-pyrrole nitrogens is 1. The minimum atomic E-state index is 0.577. The maximum Gasteiger partial charge on any atom is 0.227 e. The van der Waals surface area contributed by atoms with Gasteiger partial charge in [0.2, 0.25) is 5.88 Å². The van der Waals surface area contributed by atoms with Crippen molar-refractivity contribution in [3.8, 4) is 5.88 Å². The van der Waals surface area contributed by atoms with Crippen molar-refractivity contribution in [3.63, 3.8) is 0 Å². The van der Waals surface area contributed by atoms with Gasteiger partial charge in [-0.3, -0.25) is 4.98 Å². The smallest absolute Gasteiger partial charge is 0.227 e. The minimum absolute atomic E-state index is 0.577. The second kappa shape index (κ2) is 8.27. The zero-order valence-electron chi connectivity index (χ0n) is 16.1. The van der Waals surface area contributed by atoms with Crippen LogP contribution >= 0.6 is 15.9 Å². The molecule has 0 saturated carbocycles. The zero-order chi connectivity index (χ0) is 19.5. The molecule has 4 aromatic rings. The molecule has 0 unspecified atom stereocenters. The van der Waals surface area contributed by atoms with E-state index in [1.54, 1.807) is 0 Å². The van der Waals surface area contributed by atoms with E-state index in [9.17, 15) is 0 Å². The van der Waals surface area contributed by atoms with Crippen molar-refractivity contribution in [2.45, 2.75) is 39.5 Å². The topological polar surface area (TPSA) is 63.7 Å². The molecule has 0 aliphatic carbocycles. The second-order valence-electron chi connectivity index (χ2n) is 6.76. The van der Waals surface area contributed by atoms with Crippen molar-refractivity contribution < 1.29 is 4.74 Å². The molecule has 5 nitrogen and oxygen atoms in total. The fraction of sp³-hybridized carbons (Fsp3) is 0.318. The molecule has 144 valence electrons. The lowest BCUT2D eigenvalue weighted by Crippen LogP contribution is -2.02. The molecule has 0 aliphatic rings. The molecule has 1 N–H and O–H groups in total. The van der Waals surface area contributed by atoms with Gasteiger partial charge in [-0.05, 0) is 59.8 Å². The number of rotatable bonds is 7. The number of hydrogen-bond acceptors (Lipinski definition) is 4. The molecular formula is C22H23BrN4O. The van der Waals surface area contributed by atoms with E-state index < -0.39 is 0 Å². The molecular weight excluding hydrogens is 416 g/mol. The van der Waals surface area contributed by atoms with Crippen LogP contribution in [0.1, 0.15) is 37.4 Å². The first-order valence-corrected chi connectivity index (χ1v) is 10.5. The average molecular weight is 439 g/mol. The van der Waals surface area contributed by atoms with E-state index in [1.807, 2.05) is 31.3 Å². The molecule has 0 saturated heterocycles. The van der Waals surface area contributed by atoms with E-state index in [2.05, 4.69) is 49.9 Å². The molecule has 3 aromatic heterocycles. The number of nitrogens with one attached hydrogen (secondary N) is 1. The Bertz CT molecular complexity index is 1120. The highest BCUT2D eigenvalue weighted by Gasteiger charge is 2.17. The second-order valence-corrected chi connectivity index (χ2v) is 7.56. The van der Waals surface area contributed by atoms with Crippen LogP contribution in [0.4, 0.5) is 0 Å². The monoisotopic (exact) mass is 438 g/mol. The highest BCUT2D eigenvalue weighted by Crippen LogP contribution is 2.33. The Labute approximate surface area is 172 Å². The van der Waals surface area contributed by atoms with Crippen molar-refractivity contribution in [2.24, 2.45) is 0 Å². The third kappa shape index (κ3) is 3.74. The number of halogens is 1. The standard InChI is InChI=1S/C22H23BrN4O/c1-3-16-20(23)19-21(25-16)26-18(27-22(19)28-4-2)11-7-8-14-12-15-9-5-6-10-17(15)24-13-14/h5-6,9-10,12-13H,3-4,7-8,11H2,1-2H3,(H,25,26,27). The Morgan fingerprint density at radius 3 is 2.79 bits per heavy atom. The first kappa shape index (κ1) is 18.9. The van der Waals surface area contributed by atoms with E-state index >= 15 is 0 Å². The van der Waals surface area contributed by atoms with Gasteiger partial charge in [-0.2, -0.15) is 4.98 Å². The summed E-state index contributed by atoms with van der Waals surface area (Å²) in [5, 5.41) is 2.11. The van der Waals surface area contributed by atoms with Gasteiger partial charge in [0.05, 0.1) is 22.0 Å². The summed E-state index contributed by atoms with van der Waals surface area (Å²) in [4.78, 5) is 17.4. The Balaban J connectivity index is 1.53. The molecule has 0 amide bonds. The molecule has 0 fully saturated rings. The van der Waals surface area contributed by atoms with E-state index in [0.29, 0.717) is 12.5 Å². The van der Waals surface area contributed by atoms with Gasteiger partial charge in [-0.15, -0.1) is 0 Å². The van der Waals surface area contributed by atoms with Crippen LogP contribution in [-0.4, -0.2) is 26.5 Å². The molecule has 0 spiro atoms. The normalized spacial score (nSPS) is 11.4. The van der Waals surface area contributed by atoms with Crippen molar-refractivity contribution in [1.82, 2.24) is 19.9 Å². The summed E-state index contributed by atoms with van der Waals surface area (Å²) in [5.41, 5.74) is 4.22. The van der Waals surface area contributed by atoms with Crippen LogP contribution in [0, 0.1) is 0 Å². The van der Waals surface area contributed by atoms with Crippen molar-refractivity contribution in [2.75, 3.05) is 6.61 Å². The number of benzene rings is 1. The third-order valence-corrected chi connectivity index (χ3v) is 5.70. The third-order valence-electron chi connectivity index (χ3n) is 4.82. The Morgan fingerprint density at radius 2 is 1.96 bits per heavy atom. The lowest BCUT2D eigenvalue weighted by molar-refractivity contribution is 0.329. The van der Waals surface area contributed by atoms with Crippen LogP contribution in [0.15, 0.2) is 41.0 Å². The lowest BCUT2D eigenvalue weighted by Gasteiger charge is -2.07. The van der Waals surface area contributed by atoms with Gasteiger partial charge in [0, 0.05) is 23.7 Å². The largest absolute Gasteiger partial charge is 0.477 e. The van der Waals surface area contributed by atoms with E-state index in [1.165, 1.54) is 10.9 Å². The van der Waals surface area contributed by atoms with Crippen LogP contribution in [0.3, 0.4) is 0 Å². The maximum atomic E-state index is 5.80. The SMILES string of the molecule is CCOc1nc(CCCc2cnc3ccccc3c2)nc2[nH]c(CC)c(Br)c12. The Hall–Kier alpha value is -2.47. The molecule has 28 heavy (non-hydrogen) atoms. The number of para-hydroxylation sites is 1. The number of aryl methyl sites for hydroxylation is 3. The van der Waals surface area contributed by atoms with Gasteiger partial charge in [-0.1, -0.05) is 25.1 Å². The number of aromatic amines is 1. The van der Waals surface area contributed by atoms with Gasteiger partial charge in [0.1, 0.15) is 11.5 Å². The zero-order valence-corrected chi connectivity index (χ0v) is 17.7. The summed E-state index contributed by atoms with van der Waals surface area (Å²) in [7, 11) is 0. The Kier molecular flexibility index (Phi) is 5.57. The predicted octanol–water partition coefficient (Wildman–Crippen LogP) is 5.41. The number of fused-ring (bicyclic) bond motifs is 2. The van der Waals surface area contributed by atoms with Gasteiger partial charge in [0.25, 0.3) is 0 Å². The van der Waals surface area contributed by atoms with Crippen LogP contribution < -0.4 is 4.74 Å². The highest BCUT2D eigenvalue weighted by atomic mass is 79.9. The summed E-state index contributed by atoms with van der Waals surface area (Å²) in [6, 6.07) is 10.4. The van der Waals surface area contributed by atoms with Gasteiger partial charge >= 0.3 is 0 Å². The summed E-state index contributed by atoms with van der Waals surface area (Å²) < 4.78 is 6.80. The van der Waals surface area contributed by atoms with Crippen molar-refractivity contribution in [1.29, 1.82) is 0 Å². The van der Waals surface area contributed by atoms with Gasteiger partial charge < -0.3 is 9.72 Å². The van der Waals surface area contributed by atoms with E-state index in [4.69, 9.17) is 9.72 Å². The fourth-order valence-electron chi connectivity index (χ4n) is 3.42. The first-order chi connectivity index (χ1) is 13.7. The van der Waals surface area contributed by atoms with Gasteiger partial charge in [0.15, 0.2) is 0 Å². The molecule has 0 aliphatic heterocycles. The Morgan fingerprint density at radius 1 is 1.11 bits per heavy atom. The predicted molar refractivity (Wildman–Crippen MR) is 116 cm³/mol. The van der Waals surface area contributed by atoms with Crippen molar-refractivity contribution in [3.05, 3.63) is 58.1 Å². The van der Waals surface area contributed by atoms with Crippen molar-refractivity contribution >= 4 is 37.9 Å². The number of aromatic nitrogens is 4. The molecule has 4 rings (SSSR count). The summed E-state index contributed by atoms with van der Waals surface area (Å²) in [5.74, 6) is 1.46. The quantitative estimate of drug-likeness (QED) is 0.419. The number of pyridine rings is 1. The lowest BCUT2D eigenvalue weighted by atomic mass is 10.1. The first-order valence-electron chi connectivity index (χ1n) is 9.73. The van der Waals surface area contributed by atoms with E-state index in [0.717, 1.165) is 58.2 Å². The van der Waals surface area contributed by atoms with Crippen LogP contribution in [0.5, 0.6) is 5.88 Å². The highest BCUT2D eigenvalue weighted by molar-refractivity contribution is 9.10. The molecule has 6 heteroatoms. The van der Waals surface area contributed by atoms with Gasteiger partial charge in [-0.25, -0.2) is 4.98 Å². The molecule has 3 heterocycles. The fourth-order valence-corrected chi connectivity index (χ4v) is 4.16. The molecule has 0 atom stereocenters. The average Bonchev–Trinajstić information content (AvgIpc) is 3.04. The summed E-state index contributed by atoms with van der Waals surface area (Å²) in [6.07, 6.45) is 5.55.